The first kappa shape index (κ1) is 18.0. The molecule has 0 saturated carbocycles. The molecule has 0 bridgehead atoms. The number of likely N-dealkylation sites (tertiary alicyclic amines) is 1. The number of amides is 1. The summed E-state index contributed by atoms with van der Waals surface area (Å²) in [6.07, 6.45) is 1.80. The first-order valence-corrected chi connectivity index (χ1v) is 10.4. The summed E-state index contributed by atoms with van der Waals surface area (Å²) in [7, 11) is 0. The number of carbonyl (C=O) groups excluding carboxylic acids is 1. The summed E-state index contributed by atoms with van der Waals surface area (Å²) in [6.45, 7) is 1.42. The lowest BCUT2D eigenvalue weighted by atomic mass is 9.98. The molecule has 150 valence electrons. The quantitative estimate of drug-likeness (QED) is 0.634. The third kappa shape index (κ3) is 3.77. The highest BCUT2D eigenvalue weighted by Gasteiger charge is 2.29. The number of fused-ring (bicyclic) bond motifs is 1. The Kier molecular flexibility index (Phi) is 4.81. The molecule has 2 aliphatic rings. The average Bonchev–Trinajstić information content (AvgIpc) is 3.52. The number of thiophene rings is 1. The zero-order chi connectivity index (χ0) is 19.6. The summed E-state index contributed by atoms with van der Waals surface area (Å²) in [6, 6.07) is 7.23. The van der Waals surface area contributed by atoms with Crippen LogP contribution in [0.15, 0.2) is 39.4 Å². The van der Waals surface area contributed by atoms with Crippen molar-refractivity contribution in [3.05, 3.63) is 40.9 Å². The Morgan fingerprint density at radius 2 is 2.17 bits per heavy atom. The topological polar surface area (TPSA) is 86.9 Å². The van der Waals surface area contributed by atoms with Crippen LogP contribution in [0.4, 0.5) is 0 Å². The van der Waals surface area contributed by atoms with Gasteiger partial charge in [-0.1, -0.05) is 0 Å². The van der Waals surface area contributed by atoms with E-state index in [1.165, 1.54) is 0 Å². The fourth-order valence-electron chi connectivity index (χ4n) is 3.51. The lowest BCUT2D eigenvalue weighted by molar-refractivity contribution is -0.134. The monoisotopic (exact) mass is 413 g/mol. The number of carbonyl (C=O) groups is 1. The SMILES string of the molecule is O=C(COc1ccc2c(c1)OCO2)N1CCC[C@@H](c2nnc(-c3ccsc3)o2)C1. The second kappa shape index (κ2) is 7.75. The molecular weight excluding hydrogens is 394 g/mol. The summed E-state index contributed by atoms with van der Waals surface area (Å²) < 4.78 is 22.1. The molecule has 2 aliphatic heterocycles. The lowest BCUT2D eigenvalue weighted by Gasteiger charge is -2.31. The zero-order valence-corrected chi connectivity index (χ0v) is 16.4. The summed E-state index contributed by atoms with van der Waals surface area (Å²) in [4.78, 5) is 14.5. The van der Waals surface area contributed by atoms with Crippen molar-refractivity contribution < 1.29 is 23.4 Å². The standard InChI is InChI=1S/C20H19N3O5S/c24-18(10-25-15-3-4-16-17(8-15)27-12-26-16)23-6-1-2-13(9-23)19-21-22-20(28-19)14-5-7-29-11-14/h3-5,7-8,11,13H,1-2,6,9-10,12H2/t13-/m1/s1. The van der Waals surface area contributed by atoms with Gasteiger partial charge in [-0.3, -0.25) is 4.79 Å². The Hall–Kier alpha value is -3.07. The van der Waals surface area contributed by atoms with Gasteiger partial charge in [0.15, 0.2) is 18.1 Å². The van der Waals surface area contributed by atoms with Crippen LogP contribution in [0.5, 0.6) is 17.2 Å². The summed E-state index contributed by atoms with van der Waals surface area (Å²) in [5, 5.41) is 12.3. The molecule has 0 spiro atoms. The molecule has 0 radical (unpaired) electrons. The molecule has 9 heteroatoms. The second-order valence-electron chi connectivity index (χ2n) is 6.94. The molecule has 1 saturated heterocycles. The number of ether oxygens (including phenoxy) is 3. The molecule has 1 atom stereocenters. The minimum Gasteiger partial charge on any atom is -0.484 e. The molecule has 1 aromatic carbocycles. The van der Waals surface area contributed by atoms with Gasteiger partial charge in [0.1, 0.15) is 5.75 Å². The van der Waals surface area contributed by atoms with E-state index in [1.807, 2.05) is 16.8 Å². The lowest BCUT2D eigenvalue weighted by Crippen LogP contribution is -2.41. The smallest absolute Gasteiger partial charge is 0.260 e. The molecule has 0 N–H and O–H groups in total. The molecule has 0 aliphatic carbocycles. The molecule has 5 rings (SSSR count). The second-order valence-corrected chi connectivity index (χ2v) is 7.72. The minimum atomic E-state index is -0.0649. The molecule has 0 unspecified atom stereocenters. The molecule has 2 aromatic heterocycles. The molecular formula is C20H19N3O5S. The van der Waals surface area contributed by atoms with E-state index in [0.717, 1.165) is 18.4 Å². The molecule has 3 aromatic rings. The van der Waals surface area contributed by atoms with E-state index < -0.39 is 0 Å². The van der Waals surface area contributed by atoms with E-state index in [9.17, 15) is 4.79 Å². The zero-order valence-electron chi connectivity index (χ0n) is 15.6. The molecule has 29 heavy (non-hydrogen) atoms. The van der Waals surface area contributed by atoms with Crippen LogP contribution in [0.25, 0.3) is 11.5 Å². The maximum absolute atomic E-state index is 12.7. The highest BCUT2D eigenvalue weighted by Crippen LogP contribution is 2.35. The number of hydrogen-bond acceptors (Lipinski definition) is 8. The largest absolute Gasteiger partial charge is 0.484 e. The fraction of sp³-hybridized carbons (Fsp3) is 0.350. The van der Waals surface area contributed by atoms with E-state index in [0.29, 0.717) is 42.1 Å². The van der Waals surface area contributed by atoms with Gasteiger partial charge in [-0.2, -0.15) is 11.3 Å². The van der Waals surface area contributed by atoms with Crippen molar-refractivity contribution in [2.75, 3.05) is 26.5 Å². The number of rotatable bonds is 5. The summed E-state index contributed by atoms with van der Waals surface area (Å²) >= 11 is 1.58. The highest BCUT2D eigenvalue weighted by atomic mass is 32.1. The normalized spacial score (nSPS) is 18.1. The van der Waals surface area contributed by atoms with Gasteiger partial charge >= 0.3 is 0 Å². The minimum absolute atomic E-state index is 0.0314. The Labute approximate surface area is 171 Å². The van der Waals surface area contributed by atoms with Gasteiger partial charge in [0, 0.05) is 30.1 Å². The third-order valence-electron chi connectivity index (χ3n) is 5.04. The maximum atomic E-state index is 12.7. The van der Waals surface area contributed by atoms with Crippen LogP contribution in [0.1, 0.15) is 24.7 Å². The van der Waals surface area contributed by atoms with Crippen molar-refractivity contribution in [3.63, 3.8) is 0 Å². The molecule has 1 fully saturated rings. The number of nitrogens with zero attached hydrogens (tertiary/aromatic N) is 3. The number of piperidine rings is 1. The van der Waals surface area contributed by atoms with Crippen molar-refractivity contribution in [1.29, 1.82) is 0 Å². The fourth-order valence-corrected chi connectivity index (χ4v) is 4.14. The van der Waals surface area contributed by atoms with Crippen molar-refractivity contribution in [2.24, 2.45) is 0 Å². The molecule has 1 amide bonds. The van der Waals surface area contributed by atoms with Crippen molar-refractivity contribution in [1.82, 2.24) is 15.1 Å². The summed E-state index contributed by atoms with van der Waals surface area (Å²) in [5.41, 5.74) is 0.926. The van der Waals surface area contributed by atoms with Gasteiger partial charge in [0.25, 0.3) is 5.91 Å². The third-order valence-corrected chi connectivity index (χ3v) is 5.72. The van der Waals surface area contributed by atoms with Crippen molar-refractivity contribution >= 4 is 17.2 Å². The van der Waals surface area contributed by atoms with Gasteiger partial charge in [-0.25, -0.2) is 0 Å². The molecule has 4 heterocycles. The van der Waals surface area contributed by atoms with Gasteiger partial charge in [-0.05, 0) is 36.4 Å². The predicted molar refractivity (Wildman–Crippen MR) is 104 cm³/mol. The van der Waals surface area contributed by atoms with Crippen LogP contribution in [-0.4, -0.2) is 47.5 Å². The van der Waals surface area contributed by atoms with Crippen molar-refractivity contribution in [3.8, 4) is 28.7 Å². The van der Waals surface area contributed by atoms with Crippen LogP contribution >= 0.6 is 11.3 Å². The first-order chi connectivity index (χ1) is 14.3. The van der Waals surface area contributed by atoms with E-state index in [2.05, 4.69) is 10.2 Å². The van der Waals surface area contributed by atoms with Crippen molar-refractivity contribution in [2.45, 2.75) is 18.8 Å². The first-order valence-electron chi connectivity index (χ1n) is 9.42. The maximum Gasteiger partial charge on any atom is 0.260 e. The van der Waals surface area contributed by atoms with Gasteiger partial charge in [0.05, 0.1) is 5.92 Å². The van der Waals surface area contributed by atoms with Crippen LogP contribution in [-0.2, 0) is 4.79 Å². The summed E-state index contributed by atoms with van der Waals surface area (Å²) in [5.74, 6) is 2.97. The Morgan fingerprint density at radius 1 is 1.24 bits per heavy atom. The van der Waals surface area contributed by atoms with E-state index in [-0.39, 0.29) is 25.2 Å². The van der Waals surface area contributed by atoms with Crippen LogP contribution in [0, 0.1) is 0 Å². The number of hydrogen-bond donors (Lipinski definition) is 0. The number of benzene rings is 1. The average molecular weight is 413 g/mol. The van der Waals surface area contributed by atoms with E-state index >= 15 is 0 Å². The van der Waals surface area contributed by atoms with E-state index in [4.69, 9.17) is 18.6 Å². The van der Waals surface area contributed by atoms with Crippen LogP contribution in [0.2, 0.25) is 0 Å². The highest BCUT2D eigenvalue weighted by molar-refractivity contribution is 7.08. The predicted octanol–water partition coefficient (Wildman–Crippen LogP) is 3.31. The van der Waals surface area contributed by atoms with Gasteiger partial charge < -0.3 is 23.5 Å². The number of aromatic nitrogens is 2. The Morgan fingerprint density at radius 3 is 3.07 bits per heavy atom. The Balaban J connectivity index is 1.20. The van der Waals surface area contributed by atoms with E-state index in [1.54, 1.807) is 34.4 Å². The van der Waals surface area contributed by atoms with Crippen LogP contribution in [0.3, 0.4) is 0 Å². The van der Waals surface area contributed by atoms with Gasteiger partial charge in [0.2, 0.25) is 18.6 Å². The Bertz CT molecular complexity index is 1000. The van der Waals surface area contributed by atoms with Crippen LogP contribution < -0.4 is 14.2 Å². The molecule has 8 nitrogen and oxygen atoms in total. The van der Waals surface area contributed by atoms with Gasteiger partial charge in [-0.15, -0.1) is 10.2 Å².